The Labute approximate surface area is 127 Å². The van der Waals surface area contributed by atoms with E-state index < -0.39 is 5.97 Å². The molecule has 1 aromatic carbocycles. The largest absolute Gasteiger partial charge is 0.478 e. The van der Waals surface area contributed by atoms with Gasteiger partial charge in [-0.25, -0.2) is 9.59 Å². The molecule has 0 bridgehead atoms. The van der Waals surface area contributed by atoms with Crippen LogP contribution in [0, 0.1) is 0 Å². The van der Waals surface area contributed by atoms with Gasteiger partial charge in [-0.3, -0.25) is 0 Å². The van der Waals surface area contributed by atoms with Crippen molar-refractivity contribution >= 4 is 12.1 Å². The van der Waals surface area contributed by atoms with Crippen LogP contribution >= 0.6 is 0 Å². The molecule has 0 atom stereocenters. The first kappa shape index (κ1) is 14.2. The average Bonchev–Trinajstić information content (AvgIpc) is 2.97. The molecule has 0 radical (unpaired) electrons. The lowest BCUT2D eigenvalue weighted by molar-refractivity contribution is 0.0696. The summed E-state index contributed by atoms with van der Waals surface area (Å²) in [5, 5.41) is 9.00. The van der Waals surface area contributed by atoms with Gasteiger partial charge in [-0.1, -0.05) is 30.3 Å². The molecule has 1 aliphatic rings. The molecule has 1 amide bonds. The summed E-state index contributed by atoms with van der Waals surface area (Å²) < 4.78 is 7.16. The van der Waals surface area contributed by atoms with Crippen LogP contribution < -0.4 is 0 Å². The van der Waals surface area contributed by atoms with E-state index in [1.54, 1.807) is 17.2 Å². The fraction of sp³-hybridized carbons (Fsp3) is 0.250. The second kappa shape index (κ2) is 5.93. The van der Waals surface area contributed by atoms with Crippen molar-refractivity contribution in [1.82, 2.24) is 9.47 Å². The van der Waals surface area contributed by atoms with Crippen molar-refractivity contribution in [2.45, 2.75) is 19.7 Å². The molecule has 1 aliphatic heterocycles. The van der Waals surface area contributed by atoms with E-state index in [4.69, 9.17) is 9.84 Å². The number of aromatic nitrogens is 1. The second-order valence-electron chi connectivity index (χ2n) is 5.18. The topological polar surface area (TPSA) is 71.8 Å². The van der Waals surface area contributed by atoms with Gasteiger partial charge in [0.25, 0.3) is 0 Å². The molecule has 0 aliphatic carbocycles. The Hall–Kier alpha value is -2.76. The van der Waals surface area contributed by atoms with Crippen molar-refractivity contribution in [3.63, 3.8) is 0 Å². The summed E-state index contributed by atoms with van der Waals surface area (Å²) in [6.07, 6.45) is 1.22. The monoisotopic (exact) mass is 300 g/mol. The Morgan fingerprint density at radius 1 is 1.18 bits per heavy atom. The molecular weight excluding hydrogens is 284 g/mol. The maximum absolute atomic E-state index is 12.1. The molecule has 3 rings (SSSR count). The molecule has 0 saturated heterocycles. The lowest BCUT2D eigenvalue weighted by atomic mass is 10.2. The Balaban J connectivity index is 1.61. The van der Waals surface area contributed by atoms with E-state index in [-0.39, 0.29) is 18.3 Å². The van der Waals surface area contributed by atoms with E-state index in [0.717, 1.165) is 11.3 Å². The van der Waals surface area contributed by atoms with E-state index in [1.807, 2.05) is 34.9 Å². The van der Waals surface area contributed by atoms with Gasteiger partial charge < -0.3 is 19.3 Å². The van der Waals surface area contributed by atoms with Gasteiger partial charge in [0.2, 0.25) is 0 Å². The summed E-state index contributed by atoms with van der Waals surface area (Å²) in [4.78, 5) is 24.7. The summed E-state index contributed by atoms with van der Waals surface area (Å²) in [6.45, 7) is 1.68. The van der Waals surface area contributed by atoms with Gasteiger partial charge >= 0.3 is 12.1 Å². The summed E-state index contributed by atoms with van der Waals surface area (Å²) in [6, 6.07) is 11.1. The third-order valence-electron chi connectivity index (χ3n) is 3.66. The first-order chi connectivity index (χ1) is 10.6. The first-order valence-electron chi connectivity index (χ1n) is 7.01. The quantitative estimate of drug-likeness (QED) is 0.944. The van der Waals surface area contributed by atoms with Crippen LogP contribution in [0.3, 0.4) is 0 Å². The number of hydrogen-bond acceptors (Lipinski definition) is 3. The van der Waals surface area contributed by atoms with Crippen LogP contribution in [0.25, 0.3) is 0 Å². The van der Waals surface area contributed by atoms with Gasteiger partial charge in [-0.05, 0) is 11.6 Å². The van der Waals surface area contributed by atoms with Crippen LogP contribution in [0.4, 0.5) is 4.79 Å². The average molecular weight is 300 g/mol. The fourth-order valence-corrected chi connectivity index (χ4v) is 2.48. The number of fused-ring (bicyclic) bond motifs is 1. The number of nitrogens with zero attached hydrogens (tertiary/aromatic N) is 2. The number of amides is 1. The summed E-state index contributed by atoms with van der Waals surface area (Å²) in [5.41, 5.74) is 1.99. The molecule has 6 nitrogen and oxygen atoms in total. The highest BCUT2D eigenvalue weighted by Gasteiger charge is 2.23. The van der Waals surface area contributed by atoms with Crippen LogP contribution in [0.15, 0.2) is 42.6 Å². The Kier molecular flexibility index (Phi) is 3.82. The number of carboxylic acids is 1. The number of carboxylic acid groups (broad SMARTS) is 1. The highest BCUT2D eigenvalue weighted by atomic mass is 16.6. The van der Waals surface area contributed by atoms with E-state index >= 15 is 0 Å². The summed E-state index contributed by atoms with van der Waals surface area (Å²) in [7, 11) is 0. The minimum Gasteiger partial charge on any atom is -0.478 e. The second-order valence-corrected chi connectivity index (χ2v) is 5.18. The van der Waals surface area contributed by atoms with Gasteiger partial charge in [0.1, 0.15) is 6.61 Å². The Morgan fingerprint density at radius 3 is 2.68 bits per heavy atom. The number of carbonyl (C=O) groups is 2. The molecule has 6 heteroatoms. The molecule has 0 saturated carbocycles. The summed E-state index contributed by atoms with van der Waals surface area (Å²) >= 11 is 0. The third-order valence-corrected chi connectivity index (χ3v) is 3.66. The minimum atomic E-state index is -0.958. The molecular formula is C16H16N2O4. The number of rotatable bonds is 3. The van der Waals surface area contributed by atoms with Gasteiger partial charge in [0.05, 0.1) is 12.1 Å². The highest BCUT2D eigenvalue weighted by Crippen LogP contribution is 2.17. The standard InChI is InChI=1S/C16H16N2O4/c19-15(20)13-8-14-10-18(7-6-17(14)9-13)16(21)22-11-12-4-2-1-3-5-12/h1-5,8-9H,6-7,10-11H2,(H,19,20). The van der Waals surface area contributed by atoms with Crippen molar-refractivity contribution in [3.8, 4) is 0 Å². The van der Waals surface area contributed by atoms with Crippen molar-refractivity contribution < 1.29 is 19.4 Å². The molecule has 2 aromatic rings. The van der Waals surface area contributed by atoms with Crippen molar-refractivity contribution in [2.24, 2.45) is 0 Å². The lowest BCUT2D eigenvalue weighted by Gasteiger charge is -2.27. The van der Waals surface area contributed by atoms with E-state index in [1.165, 1.54) is 0 Å². The van der Waals surface area contributed by atoms with Gasteiger partial charge in [-0.2, -0.15) is 0 Å². The van der Waals surface area contributed by atoms with Crippen LogP contribution in [-0.2, 0) is 24.4 Å². The predicted octanol–water partition coefficient (Wildman–Crippen LogP) is 2.34. The predicted molar refractivity (Wildman–Crippen MR) is 78.4 cm³/mol. The Morgan fingerprint density at radius 2 is 1.95 bits per heavy atom. The van der Waals surface area contributed by atoms with Crippen molar-refractivity contribution in [1.29, 1.82) is 0 Å². The zero-order chi connectivity index (χ0) is 15.5. The Bertz CT molecular complexity index is 693. The van der Waals surface area contributed by atoms with Crippen molar-refractivity contribution in [3.05, 3.63) is 59.4 Å². The number of carbonyl (C=O) groups excluding carboxylic acids is 1. The number of hydrogen-bond donors (Lipinski definition) is 1. The molecule has 114 valence electrons. The molecule has 2 heterocycles. The van der Waals surface area contributed by atoms with E-state index in [0.29, 0.717) is 19.6 Å². The maximum Gasteiger partial charge on any atom is 0.410 e. The third kappa shape index (κ3) is 2.95. The fourth-order valence-electron chi connectivity index (χ4n) is 2.48. The number of ether oxygens (including phenoxy) is 1. The van der Waals surface area contributed by atoms with Crippen LogP contribution in [0.1, 0.15) is 21.6 Å². The van der Waals surface area contributed by atoms with Crippen LogP contribution in [0.2, 0.25) is 0 Å². The number of benzene rings is 1. The van der Waals surface area contributed by atoms with Gasteiger partial charge in [0, 0.05) is 25.0 Å². The lowest BCUT2D eigenvalue weighted by Crippen LogP contribution is -2.38. The van der Waals surface area contributed by atoms with E-state index in [9.17, 15) is 9.59 Å². The maximum atomic E-state index is 12.1. The molecule has 0 fully saturated rings. The van der Waals surface area contributed by atoms with Gasteiger partial charge in [0.15, 0.2) is 0 Å². The SMILES string of the molecule is O=C(O)c1cc2n(c1)CCN(C(=O)OCc1ccccc1)C2. The van der Waals surface area contributed by atoms with Gasteiger partial charge in [-0.15, -0.1) is 0 Å². The highest BCUT2D eigenvalue weighted by molar-refractivity contribution is 5.87. The molecule has 1 N–H and O–H groups in total. The van der Waals surface area contributed by atoms with E-state index in [2.05, 4.69) is 0 Å². The molecule has 0 unspecified atom stereocenters. The smallest absolute Gasteiger partial charge is 0.410 e. The zero-order valence-corrected chi connectivity index (χ0v) is 11.9. The molecule has 22 heavy (non-hydrogen) atoms. The van der Waals surface area contributed by atoms with Crippen molar-refractivity contribution in [2.75, 3.05) is 6.54 Å². The molecule has 0 spiro atoms. The normalized spacial score (nSPS) is 13.5. The van der Waals surface area contributed by atoms with Crippen LogP contribution in [-0.4, -0.2) is 33.2 Å². The molecule has 1 aromatic heterocycles. The minimum absolute atomic E-state index is 0.234. The first-order valence-corrected chi connectivity index (χ1v) is 7.01. The number of aromatic carboxylic acids is 1. The summed E-state index contributed by atoms with van der Waals surface area (Å²) in [5.74, 6) is -0.958. The van der Waals surface area contributed by atoms with Crippen LogP contribution in [0.5, 0.6) is 0 Å². The zero-order valence-electron chi connectivity index (χ0n) is 11.9.